The van der Waals surface area contributed by atoms with Gasteiger partial charge in [-0.05, 0) is 54.0 Å². The third-order valence-electron chi connectivity index (χ3n) is 4.81. The molecule has 170 valence electrons. The van der Waals surface area contributed by atoms with Crippen molar-refractivity contribution in [1.29, 1.82) is 0 Å². The molecule has 1 atom stereocenters. The highest BCUT2D eigenvalue weighted by atomic mass is 35.5. The number of dihydropyridines is 1. The Balaban J connectivity index is 1.57. The smallest absolute Gasteiger partial charge is 0.362 e. The first-order valence-electron chi connectivity index (χ1n) is 9.83. The van der Waals surface area contributed by atoms with Crippen molar-refractivity contribution in [3.63, 3.8) is 0 Å². The number of ether oxygens (including phenoxy) is 1. The van der Waals surface area contributed by atoms with Gasteiger partial charge in [0.1, 0.15) is 12.8 Å². The van der Waals surface area contributed by atoms with Gasteiger partial charge in [-0.2, -0.15) is 13.2 Å². The molecular formula is C23H21Cl2F3N2O2. The number of hydrogen-bond donors (Lipinski definition) is 2. The van der Waals surface area contributed by atoms with Crippen molar-refractivity contribution < 1.29 is 22.7 Å². The van der Waals surface area contributed by atoms with E-state index in [1.54, 1.807) is 0 Å². The van der Waals surface area contributed by atoms with Crippen molar-refractivity contribution in [1.82, 2.24) is 10.6 Å². The maximum atomic E-state index is 12.4. The highest BCUT2D eigenvalue weighted by Gasteiger charge is 2.29. The Morgan fingerprint density at radius 3 is 2.06 bits per heavy atom. The van der Waals surface area contributed by atoms with Crippen LogP contribution in [0.4, 0.5) is 13.2 Å². The molecule has 0 saturated heterocycles. The minimum absolute atomic E-state index is 0.0129. The lowest BCUT2D eigenvalue weighted by molar-refractivity contribution is -0.182. The summed E-state index contributed by atoms with van der Waals surface area (Å²) in [6.45, 7) is -0.991. The quantitative estimate of drug-likeness (QED) is 0.514. The summed E-state index contributed by atoms with van der Waals surface area (Å²) >= 11 is 12.0. The molecule has 1 aliphatic rings. The Labute approximate surface area is 194 Å². The Kier molecular flexibility index (Phi) is 8.23. The average molecular weight is 485 g/mol. The number of carbonyl (C=O) groups excluding carboxylic acids is 1. The van der Waals surface area contributed by atoms with Gasteiger partial charge in [0.15, 0.2) is 0 Å². The van der Waals surface area contributed by atoms with Gasteiger partial charge >= 0.3 is 6.18 Å². The molecule has 1 amide bonds. The van der Waals surface area contributed by atoms with Crippen LogP contribution >= 0.6 is 23.2 Å². The summed E-state index contributed by atoms with van der Waals surface area (Å²) in [6, 6.07) is 15.1. The number of amides is 1. The van der Waals surface area contributed by atoms with Gasteiger partial charge in [-0.1, -0.05) is 47.5 Å². The summed E-state index contributed by atoms with van der Waals surface area (Å²) in [6.07, 6.45) is -0.592. The highest BCUT2D eigenvalue weighted by Crippen LogP contribution is 2.29. The minimum atomic E-state index is -4.42. The second-order valence-corrected chi connectivity index (χ2v) is 8.05. The lowest BCUT2D eigenvalue weighted by atomic mass is 9.88. The largest absolute Gasteiger partial charge is 0.411 e. The summed E-state index contributed by atoms with van der Waals surface area (Å²) in [5.74, 6) is -0.326. The highest BCUT2D eigenvalue weighted by molar-refractivity contribution is 6.30. The van der Waals surface area contributed by atoms with Crippen LogP contribution in [0.3, 0.4) is 0 Å². The van der Waals surface area contributed by atoms with E-state index in [-0.39, 0.29) is 11.8 Å². The summed E-state index contributed by atoms with van der Waals surface area (Å²) in [5, 5.41) is 6.75. The van der Waals surface area contributed by atoms with Crippen molar-refractivity contribution in [2.45, 2.75) is 24.7 Å². The first-order chi connectivity index (χ1) is 15.2. The van der Waals surface area contributed by atoms with E-state index in [1.165, 1.54) is 18.4 Å². The van der Waals surface area contributed by atoms with Gasteiger partial charge in [-0.3, -0.25) is 4.79 Å². The molecule has 3 rings (SSSR count). The maximum Gasteiger partial charge on any atom is 0.411 e. The molecule has 1 unspecified atom stereocenters. The SMILES string of the molecule is O=C(NCCC(c1ccc(Cl)cc1)c1ccc(Cl)cc1)C1=CNC(OCC(F)(F)F)C=C1. The lowest BCUT2D eigenvalue weighted by Gasteiger charge is -2.21. The zero-order chi connectivity index (χ0) is 23.1. The van der Waals surface area contributed by atoms with Crippen molar-refractivity contribution in [2.75, 3.05) is 13.2 Å². The van der Waals surface area contributed by atoms with E-state index >= 15 is 0 Å². The summed E-state index contributed by atoms with van der Waals surface area (Å²) in [7, 11) is 0. The molecular weight excluding hydrogens is 464 g/mol. The van der Waals surface area contributed by atoms with Gasteiger partial charge in [-0.15, -0.1) is 0 Å². The van der Waals surface area contributed by atoms with E-state index in [0.717, 1.165) is 11.1 Å². The molecule has 2 aromatic rings. The van der Waals surface area contributed by atoms with Crippen LogP contribution in [0, 0.1) is 0 Å². The maximum absolute atomic E-state index is 12.4. The molecule has 1 aliphatic heterocycles. The molecule has 0 aromatic heterocycles. The molecule has 0 radical (unpaired) electrons. The van der Waals surface area contributed by atoms with Gasteiger partial charge in [-0.25, -0.2) is 0 Å². The van der Waals surface area contributed by atoms with Gasteiger partial charge in [0.05, 0.1) is 5.57 Å². The molecule has 32 heavy (non-hydrogen) atoms. The molecule has 0 fully saturated rings. The van der Waals surface area contributed by atoms with Crippen LogP contribution in [0.2, 0.25) is 10.0 Å². The van der Waals surface area contributed by atoms with E-state index in [4.69, 9.17) is 23.2 Å². The predicted octanol–water partition coefficient (Wildman–Crippen LogP) is 5.58. The van der Waals surface area contributed by atoms with Crippen molar-refractivity contribution in [2.24, 2.45) is 0 Å². The van der Waals surface area contributed by atoms with Crippen LogP contribution in [0.25, 0.3) is 0 Å². The fourth-order valence-electron chi connectivity index (χ4n) is 3.24. The van der Waals surface area contributed by atoms with Crippen LogP contribution in [0.15, 0.2) is 72.5 Å². The minimum Gasteiger partial charge on any atom is -0.362 e. The Hall–Kier alpha value is -2.48. The second-order valence-electron chi connectivity index (χ2n) is 7.17. The third-order valence-corrected chi connectivity index (χ3v) is 5.31. The topological polar surface area (TPSA) is 50.4 Å². The van der Waals surface area contributed by atoms with E-state index in [0.29, 0.717) is 28.6 Å². The number of rotatable bonds is 8. The van der Waals surface area contributed by atoms with E-state index in [1.807, 2.05) is 48.5 Å². The molecule has 2 N–H and O–H groups in total. The fourth-order valence-corrected chi connectivity index (χ4v) is 3.50. The molecule has 0 saturated carbocycles. The zero-order valence-electron chi connectivity index (χ0n) is 16.8. The van der Waals surface area contributed by atoms with E-state index in [2.05, 4.69) is 15.4 Å². The summed E-state index contributed by atoms with van der Waals surface area (Å²) in [5.41, 5.74) is 2.40. The van der Waals surface area contributed by atoms with Gasteiger partial charge < -0.3 is 15.4 Å². The van der Waals surface area contributed by atoms with Crippen LogP contribution < -0.4 is 10.6 Å². The zero-order valence-corrected chi connectivity index (χ0v) is 18.3. The molecule has 4 nitrogen and oxygen atoms in total. The third kappa shape index (κ3) is 7.29. The molecule has 0 spiro atoms. The monoisotopic (exact) mass is 484 g/mol. The van der Waals surface area contributed by atoms with Crippen molar-refractivity contribution >= 4 is 29.1 Å². The molecule has 0 aliphatic carbocycles. The van der Waals surface area contributed by atoms with Gasteiger partial charge in [0.2, 0.25) is 0 Å². The average Bonchev–Trinajstić information content (AvgIpc) is 2.77. The normalized spacial score (nSPS) is 15.9. The number of halogens is 5. The van der Waals surface area contributed by atoms with Crippen molar-refractivity contribution in [3.8, 4) is 0 Å². The van der Waals surface area contributed by atoms with Crippen molar-refractivity contribution in [3.05, 3.63) is 93.6 Å². The lowest BCUT2D eigenvalue weighted by Crippen LogP contribution is -2.34. The Morgan fingerprint density at radius 2 is 1.59 bits per heavy atom. The number of hydrogen-bond acceptors (Lipinski definition) is 3. The second kappa shape index (κ2) is 10.9. The molecule has 2 aromatic carbocycles. The van der Waals surface area contributed by atoms with Crippen LogP contribution in [0.1, 0.15) is 23.5 Å². The van der Waals surface area contributed by atoms with E-state index < -0.39 is 19.0 Å². The number of alkyl halides is 3. The van der Waals surface area contributed by atoms with E-state index in [9.17, 15) is 18.0 Å². The first kappa shape index (κ1) is 24.2. The van der Waals surface area contributed by atoms with Crippen LogP contribution in [0.5, 0.6) is 0 Å². The summed E-state index contributed by atoms with van der Waals surface area (Å²) in [4.78, 5) is 12.4. The van der Waals surface area contributed by atoms with Gasteiger partial charge in [0, 0.05) is 28.7 Å². The van der Waals surface area contributed by atoms with Gasteiger partial charge in [0.25, 0.3) is 5.91 Å². The number of nitrogens with one attached hydrogen (secondary N) is 2. The number of carbonyl (C=O) groups is 1. The first-order valence-corrected chi connectivity index (χ1v) is 10.6. The number of benzene rings is 2. The molecule has 1 heterocycles. The van der Waals surface area contributed by atoms with Crippen LogP contribution in [-0.4, -0.2) is 31.5 Å². The fraction of sp³-hybridized carbons (Fsp3) is 0.261. The van der Waals surface area contributed by atoms with Crippen LogP contribution in [-0.2, 0) is 9.53 Å². The Bertz CT molecular complexity index is 929. The Morgan fingerprint density at radius 1 is 1.03 bits per heavy atom. The molecule has 0 bridgehead atoms. The standard InChI is InChI=1S/C23H21Cl2F3N2O2/c24-18-6-1-15(2-7-18)20(16-3-8-19(25)9-4-16)11-12-29-22(31)17-5-10-21(30-13-17)32-14-23(26,27)28/h1-10,13,20-21,30H,11-12,14H2,(H,29,31). The summed E-state index contributed by atoms with van der Waals surface area (Å²) < 4.78 is 41.4. The predicted molar refractivity (Wildman–Crippen MR) is 119 cm³/mol. The molecule has 9 heteroatoms.